The molecule has 4 heteroatoms. The van der Waals surface area contributed by atoms with E-state index < -0.39 is 12.0 Å². The van der Waals surface area contributed by atoms with Crippen LogP contribution >= 0.6 is 0 Å². The first-order chi connectivity index (χ1) is 8.10. The average molecular weight is 235 g/mol. The zero-order valence-corrected chi connectivity index (χ0v) is 10.1. The number of nitrogens with two attached hydrogens (primary N) is 1. The van der Waals surface area contributed by atoms with Gasteiger partial charge in [-0.1, -0.05) is 26.0 Å². The molecule has 4 nitrogen and oxygen atoms in total. The van der Waals surface area contributed by atoms with Gasteiger partial charge >= 0.3 is 0 Å². The molecule has 1 aromatic rings. The minimum atomic E-state index is -0.694. The van der Waals surface area contributed by atoms with Gasteiger partial charge in [0, 0.05) is 6.42 Å². The van der Waals surface area contributed by atoms with Gasteiger partial charge in [0.1, 0.15) is 5.75 Å². The van der Waals surface area contributed by atoms with Crippen molar-refractivity contribution < 1.29 is 14.3 Å². The van der Waals surface area contributed by atoms with E-state index in [4.69, 9.17) is 10.5 Å². The van der Waals surface area contributed by atoms with Gasteiger partial charge in [-0.05, 0) is 18.6 Å². The van der Waals surface area contributed by atoms with Crippen LogP contribution in [-0.2, 0) is 4.79 Å². The zero-order chi connectivity index (χ0) is 12.8. The number of para-hydroxylation sites is 1. The van der Waals surface area contributed by atoms with Crippen molar-refractivity contribution in [2.45, 2.75) is 32.8 Å². The number of carbonyl (C=O) groups is 2. The number of hydrogen-bond donors (Lipinski definition) is 1. The van der Waals surface area contributed by atoms with Gasteiger partial charge in [-0.3, -0.25) is 9.59 Å². The van der Waals surface area contributed by atoms with Crippen molar-refractivity contribution in [2.75, 3.05) is 0 Å². The second-order valence-corrected chi connectivity index (χ2v) is 3.69. The molecule has 1 rings (SSSR count). The standard InChI is InChI=1S/C13H17NO3/c1-3-10(15)9-7-5-6-8-12(9)17-11(4-2)13(14)16/h5-8,11H,3-4H2,1-2H3,(H2,14,16). The molecule has 0 heterocycles. The van der Waals surface area contributed by atoms with Crippen LogP contribution in [0.15, 0.2) is 24.3 Å². The summed E-state index contributed by atoms with van der Waals surface area (Å²) in [5.74, 6) is -0.115. The van der Waals surface area contributed by atoms with Crippen LogP contribution in [0, 0.1) is 0 Å². The minimum Gasteiger partial charge on any atom is -0.480 e. The number of hydrogen-bond acceptors (Lipinski definition) is 3. The molecular formula is C13H17NO3. The van der Waals surface area contributed by atoms with E-state index in [1.807, 2.05) is 0 Å². The maximum absolute atomic E-state index is 11.7. The maximum atomic E-state index is 11.7. The molecule has 0 spiro atoms. The van der Waals surface area contributed by atoms with E-state index in [9.17, 15) is 9.59 Å². The number of ketones is 1. The molecule has 1 unspecified atom stereocenters. The van der Waals surface area contributed by atoms with Gasteiger partial charge in [-0.25, -0.2) is 0 Å². The lowest BCUT2D eigenvalue weighted by Crippen LogP contribution is -2.33. The molecule has 0 saturated carbocycles. The molecule has 17 heavy (non-hydrogen) atoms. The molecule has 1 amide bonds. The van der Waals surface area contributed by atoms with Crippen molar-refractivity contribution >= 4 is 11.7 Å². The minimum absolute atomic E-state index is 0.0140. The normalized spacial score (nSPS) is 11.9. The van der Waals surface area contributed by atoms with Crippen LogP contribution in [0.3, 0.4) is 0 Å². The highest BCUT2D eigenvalue weighted by atomic mass is 16.5. The third-order valence-corrected chi connectivity index (χ3v) is 2.47. The number of amides is 1. The molecule has 2 N–H and O–H groups in total. The van der Waals surface area contributed by atoms with Crippen molar-refractivity contribution in [1.29, 1.82) is 0 Å². The lowest BCUT2D eigenvalue weighted by molar-refractivity contribution is -0.124. The summed E-state index contributed by atoms with van der Waals surface area (Å²) in [4.78, 5) is 22.8. The number of carbonyl (C=O) groups excluding carboxylic acids is 2. The number of primary amides is 1. The Morgan fingerprint density at radius 3 is 2.47 bits per heavy atom. The second kappa shape index (κ2) is 6.03. The fraction of sp³-hybridized carbons (Fsp3) is 0.385. The Labute approximate surface area is 101 Å². The Morgan fingerprint density at radius 2 is 1.94 bits per heavy atom. The van der Waals surface area contributed by atoms with Crippen molar-refractivity contribution in [1.82, 2.24) is 0 Å². The SMILES string of the molecule is CCC(=O)c1ccccc1OC(CC)C(N)=O. The van der Waals surface area contributed by atoms with E-state index in [2.05, 4.69) is 0 Å². The molecule has 0 radical (unpaired) electrons. The molecule has 0 bridgehead atoms. The first-order valence-electron chi connectivity index (χ1n) is 5.68. The predicted octanol–water partition coefficient (Wildman–Crippen LogP) is 1.92. The number of ether oxygens (including phenoxy) is 1. The summed E-state index contributed by atoms with van der Waals surface area (Å²) in [7, 11) is 0. The first kappa shape index (κ1) is 13.2. The Balaban J connectivity index is 2.97. The number of benzene rings is 1. The zero-order valence-electron chi connectivity index (χ0n) is 10.1. The number of Topliss-reactive ketones (excluding diaryl/α,β-unsaturated/α-hetero) is 1. The van der Waals surface area contributed by atoms with Crippen LogP contribution in [0.1, 0.15) is 37.0 Å². The summed E-state index contributed by atoms with van der Waals surface area (Å²) in [5.41, 5.74) is 5.70. The van der Waals surface area contributed by atoms with Crippen molar-refractivity contribution in [3.8, 4) is 5.75 Å². The fourth-order valence-electron chi connectivity index (χ4n) is 1.49. The summed E-state index contributed by atoms with van der Waals surface area (Å²) >= 11 is 0. The quantitative estimate of drug-likeness (QED) is 0.766. The van der Waals surface area contributed by atoms with Gasteiger partial charge in [0.25, 0.3) is 5.91 Å². The van der Waals surface area contributed by atoms with Gasteiger partial charge < -0.3 is 10.5 Å². The summed E-state index contributed by atoms with van der Waals surface area (Å²) < 4.78 is 5.48. The highest BCUT2D eigenvalue weighted by Gasteiger charge is 2.18. The Morgan fingerprint density at radius 1 is 1.29 bits per heavy atom. The third-order valence-electron chi connectivity index (χ3n) is 2.47. The molecule has 0 aromatic heterocycles. The van der Waals surface area contributed by atoms with Crippen LogP contribution in [-0.4, -0.2) is 17.8 Å². The van der Waals surface area contributed by atoms with E-state index >= 15 is 0 Å². The second-order valence-electron chi connectivity index (χ2n) is 3.69. The van der Waals surface area contributed by atoms with Crippen LogP contribution in [0.4, 0.5) is 0 Å². The molecule has 0 fully saturated rings. The number of rotatable bonds is 6. The lowest BCUT2D eigenvalue weighted by atomic mass is 10.1. The van der Waals surface area contributed by atoms with Gasteiger partial charge in [-0.2, -0.15) is 0 Å². The summed E-state index contributed by atoms with van der Waals surface area (Å²) in [6, 6.07) is 6.89. The van der Waals surface area contributed by atoms with E-state index in [1.165, 1.54) is 0 Å². The van der Waals surface area contributed by atoms with Crippen LogP contribution in [0.2, 0.25) is 0 Å². The van der Waals surface area contributed by atoms with E-state index in [0.717, 1.165) is 0 Å². The van der Waals surface area contributed by atoms with E-state index in [0.29, 0.717) is 24.2 Å². The molecule has 92 valence electrons. The van der Waals surface area contributed by atoms with Crippen molar-refractivity contribution in [3.63, 3.8) is 0 Å². The Hall–Kier alpha value is -1.84. The largest absolute Gasteiger partial charge is 0.480 e. The van der Waals surface area contributed by atoms with E-state index in [-0.39, 0.29) is 5.78 Å². The van der Waals surface area contributed by atoms with Gasteiger partial charge in [0.15, 0.2) is 11.9 Å². The van der Waals surface area contributed by atoms with Crippen LogP contribution < -0.4 is 10.5 Å². The third kappa shape index (κ3) is 3.31. The highest BCUT2D eigenvalue weighted by molar-refractivity contribution is 5.98. The summed E-state index contributed by atoms with van der Waals surface area (Å²) in [6.45, 7) is 3.59. The Bertz CT molecular complexity index is 415. The molecule has 1 atom stereocenters. The van der Waals surface area contributed by atoms with E-state index in [1.54, 1.807) is 38.1 Å². The van der Waals surface area contributed by atoms with Gasteiger partial charge in [0.05, 0.1) is 5.56 Å². The predicted molar refractivity (Wildman–Crippen MR) is 65.0 cm³/mol. The molecule has 0 aliphatic rings. The van der Waals surface area contributed by atoms with Gasteiger partial charge in [0.2, 0.25) is 0 Å². The fourth-order valence-corrected chi connectivity index (χ4v) is 1.49. The Kier molecular flexibility index (Phi) is 4.69. The van der Waals surface area contributed by atoms with Crippen LogP contribution in [0.25, 0.3) is 0 Å². The maximum Gasteiger partial charge on any atom is 0.258 e. The molecule has 0 aliphatic carbocycles. The lowest BCUT2D eigenvalue weighted by Gasteiger charge is -2.16. The molecule has 1 aromatic carbocycles. The monoisotopic (exact) mass is 235 g/mol. The van der Waals surface area contributed by atoms with Crippen molar-refractivity contribution in [3.05, 3.63) is 29.8 Å². The first-order valence-corrected chi connectivity index (χ1v) is 5.68. The average Bonchev–Trinajstić information content (AvgIpc) is 2.35. The summed E-state index contributed by atoms with van der Waals surface area (Å²) in [5, 5.41) is 0. The van der Waals surface area contributed by atoms with Crippen molar-refractivity contribution in [2.24, 2.45) is 5.73 Å². The molecular weight excluding hydrogens is 218 g/mol. The smallest absolute Gasteiger partial charge is 0.258 e. The molecule has 0 saturated heterocycles. The molecule has 0 aliphatic heterocycles. The van der Waals surface area contributed by atoms with Gasteiger partial charge in [-0.15, -0.1) is 0 Å². The highest BCUT2D eigenvalue weighted by Crippen LogP contribution is 2.21. The summed E-state index contributed by atoms with van der Waals surface area (Å²) in [6.07, 6.45) is 0.179. The van der Waals surface area contributed by atoms with Crippen LogP contribution in [0.5, 0.6) is 5.75 Å². The topological polar surface area (TPSA) is 69.4 Å².